The first-order valence-corrected chi connectivity index (χ1v) is 7.79. The summed E-state index contributed by atoms with van der Waals surface area (Å²) in [5.41, 5.74) is 0.419. The molecule has 3 N–H and O–H groups in total. The summed E-state index contributed by atoms with van der Waals surface area (Å²) < 4.78 is 0.759. The molecule has 0 aliphatic carbocycles. The molecule has 0 aliphatic rings. The first-order chi connectivity index (χ1) is 10.4. The normalized spacial score (nSPS) is 11.5. The maximum Gasteiger partial charge on any atom is 0.326 e. The van der Waals surface area contributed by atoms with Crippen LogP contribution in [-0.2, 0) is 9.59 Å². The first-order valence-electron chi connectivity index (χ1n) is 7.00. The van der Waals surface area contributed by atoms with E-state index in [0.717, 1.165) is 10.9 Å². The number of carboxylic acid groups (broad SMARTS) is 1. The lowest BCUT2D eigenvalue weighted by Gasteiger charge is -2.14. The van der Waals surface area contributed by atoms with Crippen molar-refractivity contribution in [3.63, 3.8) is 0 Å². The molecule has 0 radical (unpaired) electrons. The van der Waals surface area contributed by atoms with Gasteiger partial charge in [0.1, 0.15) is 6.04 Å². The monoisotopic (exact) mass is 370 g/mol. The van der Waals surface area contributed by atoms with E-state index in [1.165, 1.54) is 0 Å². The second-order valence-electron chi connectivity index (χ2n) is 4.79. The predicted molar refractivity (Wildman–Crippen MR) is 85.6 cm³/mol. The van der Waals surface area contributed by atoms with E-state index in [1.54, 1.807) is 24.3 Å². The number of carboxylic acids is 1. The Balaban J connectivity index is 2.47. The van der Waals surface area contributed by atoms with Gasteiger partial charge in [-0.3, -0.25) is 9.59 Å². The molecule has 0 saturated carbocycles. The zero-order chi connectivity index (χ0) is 16.5. The minimum atomic E-state index is -1.07. The largest absolute Gasteiger partial charge is 0.480 e. The molecule has 1 unspecified atom stereocenters. The molecule has 7 heteroatoms. The summed E-state index contributed by atoms with van der Waals surface area (Å²) in [7, 11) is 0. The van der Waals surface area contributed by atoms with Gasteiger partial charge in [0.15, 0.2) is 0 Å². The second-order valence-corrected chi connectivity index (χ2v) is 5.71. The molecule has 1 aromatic rings. The highest BCUT2D eigenvalue weighted by atomic mass is 79.9. The number of unbranched alkanes of at least 4 members (excludes halogenated alkanes) is 1. The zero-order valence-corrected chi connectivity index (χ0v) is 13.9. The summed E-state index contributed by atoms with van der Waals surface area (Å²) in [4.78, 5) is 34.6. The fourth-order valence-corrected chi connectivity index (χ4v) is 2.20. The standard InChI is InChI=1S/C15H19BrN2O4/c1-2-3-7-12(15(21)22)18-13(19)9-17-14(20)10-5-4-6-11(16)8-10/h4-6,8,12H,2-3,7,9H2,1H3,(H,17,20)(H,18,19)(H,21,22). The van der Waals surface area contributed by atoms with E-state index in [0.29, 0.717) is 18.4 Å². The van der Waals surface area contributed by atoms with Crippen LogP contribution < -0.4 is 10.6 Å². The number of hydrogen-bond donors (Lipinski definition) is 3. The molecule has 2 amide bonds. The molecule has 0 heterocycles. The number of hydrogen-bond acceptors (Lipinski definition) is 3. The number of aliphatic carboxylic acids is 1. The van der Waals surface area contributed by atoms with Crippen molar-refractivity contribution in [3.8, 4) is 0 Å². The number of amides is 2. The molecule has 0 spiro atoms. The molecule has 1 atom stereocenters. The van der Waals surface area contributed by atoms with Crippen LogP contribution >= 0.6 is 15.9 Å². The van der Waals surface area contributed by atoms with Crippen LogP contribution in [0.15, 0.2) is 28.7 Å². The van der Waals surface area contributed by atoms with Gasteiger partial charge in [0.25, 0.3) is 5.91 Å². The third-order valence-corrected chi connectivity index (χ3v) is 3.47. The number of nitrogens with one attached hydrogen (secondary N) is 2. The molecule has 0 saturated heterocycles. The van der Waals surface area contributed by atoms with Crippen molar-refractivity contribution < 1.29 is 19.5 Å². The third-order valence-electron chi connectivity index (χ3n) is 2.98. The summed E-state index contributed by atoms with van der Waals surface area (Å²) in [6.07, 6.45) is 1.93. The maximum atomic E-state index is 11.9. The van der Waals surface area contributed by atoms with Crippen LogP contribution in [0, 0.1) is 0 Å². The molecule has 1 aromatic carbocycles. The Hall–Kier alpha value is -1.89. The highest BCUT2D eigenvalue weighted by molar-refractivity contribution is 9.10. The number of carbonyl (C=O) groups excluding carboxylic acids is 2. The topological polar surface area (TPSA) is 95.5 Å². The average molecular weight is 371 g/mol. The van der Waals surface area contributed by atoms with Gasteiger partial charge in [0.2, 0.25) is 5.91 Å². The summed E-state index contributed by atoms with van der Waals surface area (Å²) in [5.74, 6) is -1.98. The number of carbonyl (C=O) groups is 3. The number of rotatable bonds is 8. The predicted octanol–water partition coefficient (Wildman–Crippen LogP) is 1.94. The summed E-state index contributed by atoms with van der Waals surface area (Å²) in [6.45, 7) is 1.68. The highest BCUT2D eigenvalue weighted by Gasteiger charge is 2.19. The van der Waals surface area contributed by atoms with E-state index < -0.39 is 23.8 Å². The van der Waals surface area contributed by atoms with E-state index >= 15 is 0 Å². The molecule has 0 aliphatic heterocycles. The second kappa shape index (κ2) is 9.19. The van der Waals surface area contributed by atoms with Crippen LogP contribution in [0.25, 0.3) is 0 Å². The van der Waals surface area contributed by atoms with E-state index in [1.807, 2.05) is 6.92 Å². The fraction of sp³-hybridized carbons (Fsp3) is 0.400. The van der Waals surface area contributed by atoms with Gasteiger partial charge in [-0.15, -0.1) is 0 Å². The molecular formula is C15H19BrN2O4. The van der Waals surface area contributed by atoms with Crippen molar-refractivity contribution in [2.24, 2.45) is 0 Å². The third kappa shape index (κ3) is 6.26. The zero-order valence-electron chi connectivity index (χ0n) is 12.3. The molecule has 0 fully saturated rings. The van der Waals surface area contributed by atoms with Crippen molar-refractivity contribution in [2.75, 3.05) is 6.54 Å². The molecule has 6 nitrogen and oxygen atoms in total. The highest BCUT2D eigenvalue weighted by Crippen LogP contribution is 2.11. The van der Waals surface area contributed by atoms with Crippen molar-refractivity contribution in [1.82, 2.24) is 10.6 Å². The summed E-state index contributed by atoms with van der Waals surface area (Å²) in [6, 6.07) is 5.84. The number of halogens is 1. The summed E-state index contributed by atoms with van der Waals surface area (Å²) >= 11 is 3.26. The quantitative estimate of drug-likeness (QED) is 0.651. The van der Waals surface area contributed by atoms with Gasteiger partial charge in [0, 0.05) is 10.0 Å². The summed E-state index contributed by atoms with van der Waals surface area (Å²) in [5, 5.41) is 13.9. The Bertz CT molecular complexity index is 548. The van der Waals surface area contributed by atoms with Crippen LogP contribution in [-0.4, -0.2) is 35.5 Å². The smallest absolute Gasteiger partial charge is 0.326 e. The molecule has 0 bridgehead atoms. The van der Waals surface area contributed by atoms with E-state index in [9.17, 15) is 14.4 Å². The maximum absolute atomic E-state index is 11.9. The van der Waals surface area contributed by atoms with Crippen molar-refractivity contribution >= 4 is 33.7 Å². The molecular weight excluding hydrogens is 352 g/mol. The molecule has 120 valence electrons. The lowest BCUT2D eigenvalue weighted by atomic mass is 10.1. The van der Waals surface area contributed by atoms with Gasteiger partial charge < -0.3 is 15.7 Å². The lowest BCUT2D eigenvalue weighted by molar-refractivity contribution is -0.141. The average Bonchev–Trinajstić information content (AvgIpc) is 2.48. The van der Waals surface area contributed by atoms with Crippen molar-refractivity contribution in [2.45, 2.75) is 32.2 Å². The minimum absolute atomic E-state index is 0.263. The Morgan fingerprint density at radius 1 is 1.32 bits per heavy atom. The van der Waals surface area contributed by atoms with E-state index in [-0.39, 0.29) is 6.54 Å². The Labute approximate surface area is 137 Å². The molecule has 1 rings (SSSR count). The van der Waals surface area contributed by atoms with Gasteiger partial charge in [-0.05, 0) is 24.6 Å². The van der Waals surface area contributed by atoms with Gasteiger partial charge >= 0.3 is 5.97 Å². The van der Waals surface area contributed by atoms with Crippen LogP contribution in [0.4, 0.5) is 0 Å². The van der Waals surface area contributed by atoms with Gasteiger partial charge in [0.05, 0.1) is 6.54 Å². The Morgan fingerprint density at radius 2 is 2.05 bits per heavy atom. The van der Waals surface area contributed by atoms with Crippen molar-refractivity contribution in [3.05, 3.63) is 34.3 Å². The van der Waals surface area contributed by atoms with Gasteiger partial charge in [-0.25, -0.2) is 4.79 Å². The molecule has 22 heavy (non-hydrogen) atoms. The Morgan fingerprint density at radius 3 is 2.64 bits per heavy atom. The SMILES string of the molecule is CCCCC(NC(=O)CNC(=O)c1cccc(Br)c1)C(=O)O. The van der Waals surface area contributed by atoms with Crippen LogP contribution in [0.1, 0.15) is 36.5 Å². The van der Waals surface area contributed by atoms with Crippen LogP contribution in [0.3, 0.4) is 0 Å². The minimum Gasteiger partial charge on any atom is -0.480 e. The molecule has 0 aromatic heterocycles. The number of benzene rings is 1. The van der Waals surface area contributed by atoms with Gasteiger partial charge in [-0.2, -0.15) is 0 Å². The van der Waals surface area contributed by atoms with Gasteiger partial charge in [-0.1, -0.05) is 41.8 Å². The van der Waals surface area contributed by atoms with Crippen LogP contribution in [0.5, 0.6) is 0 Å². The van der Waals surface area contributed by atoms with Crippen LogP contribution in [0.2, 0.25) is 0 Å². The van der Waals surface area contributed by atoms with E-state index in [2.05, 4.69) is 26.6 Å². The Kier molecular flexibility index (Phi) is 7.59. The fourth-order valence-electron chi connectivity index (χ4n) is 1.80. The van der Waals surface area contributed by atoms with E-state index in [4.69, 9.17) is 5.11 Å². The van der Waals surface area contributed by atoms with Crippen molar-refractivity contribution in [1.29, 1.82) is 0 Å². The first kappa shape index (κ1) is 18.2. The lowest BCUT2D eigenvalue weighted by Crippen LogP contribution is -2.45.